The Bertz CT molecular complexity index is 1500. The molecule has 2 unspecified atom stereocenters. The zero-order valence-corrected chi connectivity index (χ0v) is 22.7. The molecule has 14 nitrogen and oxygen atoms in total. The second-order valence-electron chi connectivity index (χ2n) is 9.18. The molecule has 210 valence electrons. The molecule has 0 saturated carbocycles. The second kappa shape index (κ2) is 10.8. The fraction of sp³-hybridized carbons (Fsp3) is 0.360. The van der Waals surface area contributed by atoms with Crippen LogP contribution >= 0.6 is 8.60 Å². The maximum absolute atomic E-state index is 12.4. The molecule has 40 heavy (non-hydrogen) atoms. The Hall–Kier alpha value is -4.13. The van der Waals surface area contributed by atoms with Crippen molar-refractivity contribution in [1.82, 2.24) is 14.5 Å². The first-order chi connectivity index (χ1) is 19.1. The van der Waals surface area contributed by atoms with Crippen molar-refractivity contribution < 1.29 is 47.0 Å². The van der Waals surface area contributed by atoms with Crippen molar-refractivity contribution in [1.29, 1.82) is 0 Å². The number of anilines is 1. The average molecular weight is 572 g/mol. The standard InChI is InChI=1S/C25H25N4O10P/c1-13(30)28-21-17-9-10-29(22(17)27-12-26-21)24-25(4,37-15(3)32)20(35-14(2)31)19(36-24)11-34-40-38-18-8-6-5-7-16(18)23(33)39-40/h5-10,12,19-20,24H,11H2,1-4H3,(H,26,27,28,30)/t19-,20+,24-,25?,40?/m1/s1. The van der Waals surface area contributed by atoms with Gasteiger partial charge in [-0.3, -0.25) is 18.9 Å². The molecule has 2 aliphatic heterocycles. The number of ether oxygens (including phenoxy) is 3. The van der Waals surface area contributed by atoms with Crippen LogP contribution in [0.25, 0.3) is 11.0 Å². The lowest BCUT2D eigenvalue weighted by Crippen LogP contribution is -2.50. The molecular weight excluding hydrogens is 547 g/mol. The lowest BCUT2D eigenvalue weighted by Gasteiger charge is -2.34. The number of nitrogens with one attached hydrogen (secondary N) is 1. The van der Waals surface area contributed by atoms with Gasteiger partial charge in [-0.05, 0) is 25.1 Å². The molecule has 1 amide bonds. The van der Waals surface area contributed by atoms with Crippen molar-refractivity contribution in [3.8, 4) is 5.75 Å². The van der Waals surface area contributed by atoms with Gasteiger partial charge in [0.1, 0.15) is 35.2 Å². The van der Waals surface area contributed by atoms with Crippen LogP contribution in [0, 0.1) is 0 Å². The van der Waals surface area contributed by atoms with Gasteiger partial charge in [0.25, 0.3) is 0 Å². The monoisotopic (exact) mass is 572 g/mol. The summed E-state index contributed by atoms with van der Waals surface area (Å²) in [6, 6.07) is 8.24. The van der Waals surface area contributed by atoms with E-state index in [0.29, 0.717) is 16.8 Å². The summed E-state index contributed by atoms with van der Waals surface area (Å²) < 4.78 is 36.0. The lowest BCUT2D eigenvalue weighted by molar-refractivity contribution is -0.184. The highest BCUT2D eigenvalue weighted by atomic mass is 31.2. The number of nitrogens with zero attached hydrogens (tertiary/aromatic N) is 3. The van der Waals surface area contributed by atoms with E-state index in [2.05, 4.69) is 15.3 Å². The second-order valence-corrected chi connectivity index (χ2v) is 10.3. The predicted molar refractivity (Wildman–Crippen MR) is 137 cm³/mol. The number of hydrogen-bond donors (Lipinski definition) is 1. The van der Waals surface area contributed by atoms with Crippen molar-refractivity contribution in [2.75, 3.05) is 11.9 Å². The van der Waals surface area contributed by atoms with Crippen molar-refractivity contribution in [3.63, 3.8) is 0 Å². The van der Waals surface area contributed by atoms with Crippen LogP contribution in [0.4, 0.5) is 5.82 Å². The molecule has 1 aromatic carbocycles. The van der Waals surface area contributed by atoms with Gasteiger partial charge in [-0.2, -0.15) is 0 Å². The van der Waals surface area contributed by atoms with E-state index in [0.717, 1.165) is 0 Å². The van der Waals surface area contributed by atoms with Gasteiger partial charge in [0, 0.05) is 27.0 Å². The Morgan fingerprint density at radius 1 is 1.10 bits per heavy atom. The lowest BCUT2D eigenvalue weighted by atomic mass is 9.95. The van der Waals surface area contributed by atoms with E-state index in [9.17, 15) is 19.2 Å². The average Bonchev–Trinajstić information content (AvgIpc) is 3.41. The van der Waals surface area contributed by atoms with Gasteiger partial charge >= 0.3 is 26.5 Å². The summed E-state index contributed by atoms with van der Waals surface area (Å²) in [7, 11) is -2.15. The third kappa shape index (κ3) is 5.20. The van der Waals surface area contributed by atoms with Crippen molar-refractivity contribution in [2.24, 2.45) is 0 Å². The molecular formula is C25H25N4O10P. The van der Waals surface area contributed by atoms with Crippen LogP contribution in [0.15, 0.2) is 42.9 Å². The molecule has 1 fully saturated rings. The summed E-state index contributed by atoms with van der Waals surface area (Å²) in [6.07, 6.45) is -0.305. The fourth-order valence-electron chi connectivity index (χ4n) is 4.68. The highest BCUT2D eigenvalue weighted by Gasteiger charge is 2.60. The van der Waals surface area contributed by atoms with Gasteiger partial charge in [-0.15, -0.1) is 0 Å². The minimum absolute atomic E-state index is 0.252. The first-order valence-corrected chi connectivity index (χ1v) is 13.2. The molecule has 0 aliphatic carbocycles. The van der Waals surface area contributed by atoms with E-state index in [1.165, 1.54) is 27.1 Å². The molecule has 2 aliphatic rings. The van der Waals surface area contributed by atoms with Crippen LogP contribution in [0.1, 0.15) is 44.3 Å². The molecule has 0 bridgehead atoms. The zero-order chi connectivity index (χ0) is 28.6. The number of rotatable bonds is 7. The van der Waals surface area contributed by atoms with E-state index in [1.807, 2.05) is 0 Å². The fourth-order valence-corrected chi connectivity index (χ4v) is 5.65. The summed E-state index contributed by atoms with van der Waals surface area (Å²) in [6.45, 7) is 5.09. The summed E-state index contributed by atoms with van der Waals surface area (Å²) in [5, 5.41) is 3.14. The van der Waals surface area contributed by atoms with Crippen LogP contribution in [0.5, 0.6) is 5.75 Å². The number of hydrogen-bond acceptors (Lipinski definition) is 12. The molecule has 4 heterocycles. The number of carbonyl (C=O) groups is 4. The highest BCUT2D eigenvalue weighted by molar-refractivity contribution is 7.43. The molecule has 3 aromatic rings. The SMILES string of the molecule is CC(=O)Nc1ncnc2c1ccn2[C@@H]1O[C@H](COP2OC(=O)c3ccccc3O2)[C@H](OC(C)=O)C1(C)OC(C)=O. The number of esters is 2. The Morgan fingerprint density at radius 2 is 1.88 bits per heavy atom. The summed E-state index contributed by atoms with van der Waals surface area (Å²) in [5.74, 6) is -1.63. The van der Waals surface area contributed by atoms with E-state index in [-0.39, 0.29) is 23.9 Å². The quantitative estimate of drug-likeness (QED) is 0.325. The third-order valence-corrected chi connectivity index (χ3v) is 7.21. The highest BCUT2D eigenvalue weighted by Crippen LogP contribution is 2.49. The van der Waals surface area contributed by atoms with Crippen LogP contribution in [0.3, 0.4) is 0 Å². The van der Waals surface area contributed by atoms with Gasteiger partial charge in [0.15, 0.2) is 17.9 Å². The smallest absolute Gasteiger partial charge is 0.455 e. The molecule has 5 atom stereocenters. The maximum Gasteiger partial charge on any atom is 0.465 e. The number of benzene rings is 1. The van der Waals surface area contributed by atoms with Crippen LogP contribution in [-0.2, 0) is 37.6 Å². The Kier molecular flexibility index (Phi) is 7.41. The predicted octanol–water partition coefficient (Wildman–Crippen LogP) is 3.03. The topological polar surface area (TPSA) is 166 Å². The number of para-hydroxylation sites is 1. The van der Waals surface area contributed by atoms with Crippen LogP contribution in [-0.4, -0.2) is 62.8 Å². The molecule has 0 radical (unpaired) electrons. The van der Waals surface area contributed by atoms with Crippen LogP contribution in [0.2, 0.25) is 0 Å². The molecule has 1 N–H and O–H groups in total. The minimum atomic E-state index is -2.15. The molecule has 2 aromatic heterocycles. The number of aromatic nitrogens is 3. The maximum atomic E-state index is 12.4. The Labute approximate surface area is 228 Å². The first kappa shape index (κ1) is 27.4. The molecule has 15 heteroatoms. The van der Waals surface area contributed by atoms with E-state index in [4.69, 9.17) is 27.8 Å². The Morgan fingerprint density at radius 3 is 2.60 bits per heavy atom. The van der Waals surface area contributed by atoms with Gasteiger partial charge < -0.3 is 33.1 Å². The number of carbonyl (C=O) groups excluding carboxylic acids is 4. The van der Waals surface area contributed by atoms with Gasteiger partial charge in [-0.25, -0.2) is 14.8 Å². The first-order valence-electron chi connectivity index (χ1n) is 12.1. The minimum Gasteiger partial charge on any atom is -0.455 e. The van der Waals surface area contributed by atoms with Crippen LogP contribution < -0.4 is 9.84 Å². The van der Waals surface area contributed by atoms with Crippen molar-refractivity contribution >= 4 is 49.3 Å². The third-order valence-electron chi connectivity index (χ3n) is 6.19. The number of amides is 1. The van der Waals surface area contributed by atoms with E-state index in [1.54, 1.807) is 48.0 Å². The summed E-state index contributed by atoms with van der Waals surface area (Å²) >= 11 is 0. The van der Waals surface area contributed by atoms with Gasteiger partial charge in [0.2, 0.25) is 5.91 Å². The van der Waals surface area contributed by atoms with Crippen molar-refractivity contribution in [2.45, 2.75) is 51.7 Å². The zero-order valence-electron chi connectivity index (χ0n) is 21.9. The molecule has 1 saturated heterocycles. The molecule has 0 spiro atoms. The van der Waals surface area contributed by atoms with E-state index >= 15 is 0 Å². The van der Waals surface area contributed by atoms with Gasteiger partial charge in [0.05, 0.1) is 12.0 Å². The number of fused-ring (bicyclic) bond motifs is 2. The summed E-state index contributed by atoms with van der Waals surface area (Å²) in [4.78, 5) is 56.9. The summed E-state index contributed by atoms with van der Waals surface area (Å²) in [5.41, 5.74) is -0.932. The normalized spacial score (nSPS) is 25.4. The van der Waals surface area contributed by atoms with Crippen molar-refractivity contribution in [3.05, 3.63) is 48.4 Å². The van der Waals surface area contributed by atoms with Gasteiger partial charge in [-0.1, -0.05) is 12.1 Å². The van der Waals surface area contributed by atoms with E-state index < -0.39 is 50.5 Å². The Balaban J connectivity index is 1.46. The molecule has 5 rings (SSSR count). The largest absolute Gasteiger partial charge is 0.465 e.